The van der Waals surface area contributed by atoms with E-state index >= 15 is 0 Å². The third-order valence-electron chi connectivity index (χ3n) is 4.20. The molecule has 0 atom stereocenters. The van der Waals surface area contributed by atoms with Gasteiger partial charge >= 0.3 is 0 Å². The molecular weight excluding hydrogens is 376 g/mol. The molecule has 146 valence electrons. The minimum Gasteiger partial charge on any atom is -0.267 e. The van der Waals surface area contributed by atoms with Crippen LogP contribution in [0.25, 0.3) is 0 Å². The Morgan fingerprint density at radius 3 is 2.32 bits per heavy atom. The number of amides is 1. The first-order chi connectivity index (χ1) is 13.3. The second kappa shape index (κ2) is 9.26. The molecule has 2 aromatic carbocycles. The Bertz CT molecular complexity index is 1020. The van der Waals surface area contributed by atoms with E-state index in [0.29, 0.717) is 24.4 Å². The van der Waals surface area contributed by atoms with Crippen LogP contribution in [0, 0.1) is 11.3 Å². The zero-order valence-electron chi connectivity index (χ0n) is 16.0. The maximum Gasteiger partial charge on any atom is 0.271 e. The average Bonchev–Trinajstić information content (AvgIpc) is 2.72. The fourth-order valence-electron chi connectivity index (χ4n) is 2.56. The largest absolute Gasteiger partial charge is 0.271 e. The molecule has 0 fully saturated rings. The molecular formula is C20H22N4O3S. The third-order valence-corrected chi connectivity index (χ3v) is 6.24. The van der Waals surface area contributed by atoms with Crippen LogP contribution in [-0.2, 0) is 10.0 Å². The molecule has 2 rings (SSSR count). The van der Waals surface area contributed by atoms with Crippen LogP contribution in [0.2, 0.25) is 0 Å². The van der Waals surface area contributed by atoms with Gasteiger partial charge < -0.3 is 0 Å². The summed E-state index contributed by atoms with van der Waals surface area (Å²) < 4.78 is 26.6. The Kier molecular flexibility index (Phi) is 7.04. The van der Waals surface area contributed by atoms with Crippen LogP contribution < -0.4 is 5.43 Å². The highest BCUT2D eigenvalue weighted by atomic mass is 32.2. The molecule has 0 aliphatic carbocycles. The average molecular weight is 398 g/mol. The van der Waals surface area contributed by atoms with Gasteiger partial charge in [0.15, 0.2) is 0 Å². The van der Waals surface area contributed by atoms with Crippen molar-refractivity contribution in [2.24, 2.45) is 5.10 Å². The van der Waals surface area contributed by atoms with Crippen molar-refractivity contribution < 1.29 is 13.2 Å². The van der Waals surface area contributed by atoms with Crippen LogP contribution in [0.3, 0.4) is 0 Å². The summed E-state index contributed by atoms with van der Waals surface area (Å²) >= 11 is 0. The zero-order valence-corrected chi connectivity index (χ0v) is 16.8. The highest BCUT2D eigenvalue weighted by Gasteiger charge is 2.22. The number of carbonyl (C=O) groups is 1. The smallest absolute Gasteiger partial charge is 0.267 e. The van der Waals surface area contributed by atoms with E-state index in [1.165, 1.54) is 28.6 Å². The quantitative estimate of drug-likeness (QED) is 0.572. The molecule has 0 aliphatic rings. The van der Waals surface area contributed by atoms with E-state index in [1.807, 2.05) is 6.07 Å². The Hall–Kier alpha value is -3.02. The van der Waals surface area contributed by atoms with Gasteiger partial charge in [-0.15, -0.1) is 0 Å². The first kappa shape index (κ1) is 21.3. The molecule has 1 amide bonds. The van der Waals surface area contributed by atoms with Crippen LogP contribution >= 0.6 is 0 Å². The topological polar surface area (TPSA) is 103 Å². The van der Waals surface area contributed by atoms with Crippen molar-refractivity contribution >= 4 is 21.6 Å². The Labute approximate surface area is 165 Å². The van der Waals surface area contributed by atoms with Gasteiger partial charge in [-0.25, -0.2) is 13.8 Å². The molecule has 0 saturated heterocycles. The van der Waals surface area contributed by atoms with E-state index in [2.05, 4.69) is 10.5 Å². The van der Waals surface area contributed by atoms with Crippen LogP contribution in [0.5, 0.6) is 0 Å². The summed E-state index contributed by atoms with van der Waals surface area (Å²) in [6.45, 7) is 5.95. The van der Waals surface area contributed by atoms with E-state index in [-0.39, 0.29) is 10.5 Å². The second-order valence-electron chi connectivity index (χ2n) is 5.94. The molecule has 0 saturated carbocycles. The zero-order chi connectivity index (χ0) is 20.7. The van der Waals surface area contributed by atoms with Crippen molar-refractivity contribution in [1.29, 1.82) is 5.26 Å². The van der Waals surface area contributed by atoms with Crippen LogP contribution in [0.1, 0.15) is 42.3 Å². The van der Waals surface area contributed by atoms with Gasteiger partial charge in [-0.1, -0.05) is 32.0 Å². The fourth-order valence-corrected chi connectivity index (χ4v) is 4.06. The van der Waals surface area contributed by atoms with Crippen LogP contribution in [-0.4, -0.2) is 37.4 Å². The van der Waals surface area contributed by atoms with Crippen molar-refractivity contribution in [2.75, 3.05) is 13.1 Å². The first-order valence-corrected chi connectivity index (χ1v) is 10.2. The highest BCUT2D eigenvalue weighted by Crippen LogP contribution is 2.17. The number of carbonyl (C=O) groups excluding carboxylic acids is 1. The van der Waals surface area contributed by atoms with Gasteiger partial charge in [-0.05, 0) is 42.8 Å². The second-order valence-corrected chi connectivity index (χ2v) is 7.88. The van der Waals surface area contributed by atoms with Gasteiger partial charge in [0.2, 0.25) is 10.0 Å². The van der Waals surface area contributed by atoms with Gasteiger partial charge in [-0.3, -0.25) is 4.79 Å². The van der Waals surface area contributed by atoms with E-state index in [9.17, 15) is 13.2 Å². The van der Waals surface area contributed by atoms with E-state index in [0.717, 1.165) is 5.56 Å². The van der Waals surface area contributed by atoms with E-state index in [4.69, 9.17) is 5.26 Å². The van der Waals surface area contributed by atoms with Crippen molar-refractivity contribution in [3.05, 3.63) is 65.2 Å². The number of nitrogens with zero attached hydrogens (tertiary/aromatic N) is 3. The van der Waals surface area contributed by atoms with Crippen molar-refractivity contribution in [3.63, 3.8) is 0 Å². The summed E-state index contributed by atoms with van der Waals surface area (Å²) in [6.07, 6.45) is 0. The predicted molar refractivity (Wildman–Crippen MR) is 107 cm³/mol. The highest BCUT2D eigenvalue weighted by molar-refractivity contribution is 7.89. The molecule has 0 aliphatic heterocycles. The molecule has 0 unspecified atom stereocenters. The Morgan fingerprint density at radius 1 is 1.11 bits per heavy atom. The molecule has 0 radical (unpaired) electrons. The molecule has 28 heavy (non-hydrogen) atoms. The molecule has 7 nitrogen and oxygen atoms in total. The summed E-state index contributed by atoms with van der Waals surface area (Å²) in [5.74, 6) is -0.510. The van der Waals surface area contributed by atoms with Crippen LogP contribution in [0.4, 0.5) is 0 Å². The summed E-state index contributed by atoms with van der Waals surface area (Å²) in [5, 5.41) is 12.9. The standard InChI is InChI=1S/C20H22N4O3S/c1-4-24(5-2)28(26,27)19-8-6-7-18(13-19)20(25)23-22-15(3)17-11-9-16(14-21)10-12-17/h6-13H,4-5H2,1-3H3,(H,23,25)/b22-15+. The third kappa shape index (κ3) is 4.82. The molecule has 0 aromatic heterocycles. The summed E-state index contributed by atoms with van der Waals surface area (Å²) in [4.78, 5) is 12.5. The number of hydrogen-bond donors (Lipinski definition) is 1. The maximum absolute atomic E-state index is 12.6. The number of hydrazone groups is 1. The summed E-state index contributed by atoms with van der Waals surface area (Å²) in [7, 11) is -3.65. The Balaban J connectivity index is 2.20. The number of nitriles is 1. The van der Waals surface area contributed by atoms with Crippen LogP contribution in [0.15, 0.2) is 58.5 Å². The van der Waals surface area contributed by atoms with Crippen molar-refractivity contribution in [2.45, 2.75) is 25.7 Å². The molecule has 1 N–H and O–H groups in total. The lowest BCUT2D eigenvalue weighted by Crippen LogP contribution is -2.30. The molecule has 0 bridgehead atoms. The Morgan fingerprint density at radius 2 is 1.75 bits per heavy atom. The number of rotatable bonds is 7. The number of benzene rings is 2. The maximum atomic E-state index is 12.6. The number of sulfonamides is 1. The first-order valence-electron chi connectivity index (χ1n) is 8.78. The lowest BCUT2D eigenvalue weighted by Gasteiger charge is -2.18. The number of nitrogens with one attached hydrogen (secondary N) is 1. The lowest BCUT2D eigenvalue weighted by molar-refractivity contribution is 0.0954. The summed E-state index contributed by atoms with van der Waals surface area (Å²) in [6, 6.07) is 14.7. The predicted octanol–water partition coefficient (Wildman–Crippen LogP) is 2.74. The SMILES string of the molecule is CCN(CC)S(=O)(=O)c1cccc(C(=O)N/N=C(\C)c2ccc(C#N)cc2)c1. The molecule has 8 heteroatoms. The van der Waals surface area contributed by atoms with Crippen molar-refractivity contribution in [3.8, 4) is 6.07 Å². The van der Waals surface area contributed by atoms with Gasteiger partial charge in [-0.2, -0.15) is 14.7 Å². The molecule has 0 spiro atoms. The van der Waals surface area contributed by atoms with E-state index < -0.39 is 15.9 Å². The van der Waals surface area contributed by atoms with Gasteiger partial charge in [0.25, 0.3) is 5.91 Å². The monoisotopic (exact) mass is 398 g/mol. The van der Waals surface area contributed by atoms with Gasteiger partial charge in [0.1, 0.15) is 0 Å². The minimum absolute atomic E-state index is 0.0663. The van der Waals surface area contributed by atoms with Gasteiger partial charge in [0, 0.05) is 18.7 Å². The fraction of sp³-hybridized carbons (Fsp3) is 0.250. The lowest BCUT2D eigenvalue weighted by atomic mass is 10.1. The van der Waals surface area contributed by atoms with Gasteiger partial charge in [0.05, 0.1) is 22.2 Å². The normalized spacial score (nSPS) is 11.9. The molecule has 2 aromatic rings. The summed E-state index contributed by atoms with van der Waals surface area (Å²) in [5.41, 5.74) is 4.49. The minimum atomic E-state index is -3.65. The molecule has 0 heterocycles. The number of hydrogen-bond acceptors (Lipinski definition) is 5. The van der Waals surface area contributed by atoms with Crippen molar-refractivity contribution in [1.82, 2.24) is 9.73 Å². The van der Waals surface area contributed by atoms with E-state index in [1.54, 1.807) is 45.0 Å².